The van der Waals surface area contributed by atoms with E-state index in [2.05, 4.69) is 15.2 Å². The molecule has 0 bridgehead atoms. The Labute approximate surface area is 197 Å². The summed E-state index contributed by atoms with van der Waals surface area (Å²) in [5.41, 5.74) is -0.0747. The fourth-order valence-electron chi connectivity index (χ4n) is 5.52. The van der Waals surface area contributed by atoms with Crippen molar-refractivity contribution in [2.75, 3.05) is 0 Å². The molecule has 0 unspecified atom stereocenters. The topological polar surface area (TPSA) is 88.0 Å². The maximum atomic E-state index is 14.2. The first-order valence-electron chi connectivity index (χ1n) is 11.0. The van der Waals surface area contributed by atoms with Crippen LogP contribution < -0.4 is 0 Å². The zero-order valence-electron chi connectivity index (χ0n) is 17.9. The number of aromatic nitrogens is 3. The first-order valence-corrected chi connectivity index (χ1v) is 11.9. The zero-order valence-corrected chi connectivity index (χ0v) is 18.7. The molecule has 0 radical (unpaired) electrons. The van der Waals surface area contributed by atoms with Gasteiger partial charge in [0.2, 0.25) is 5.91 Å². The van der Waals surface area contributed by atoms with Gasteiger partial charge in [0.25, 0.3) is 0 Å². The Hall–Kier alpha value is -3.27. The Morgan fingerprint density at radius 1 is 1.15 bits per heavy atom. The van der Waals surface area contributed by atoms with Gasteiger partial charge in [-0.1, -0.05) is 48.2 Å². The lowest BCUT2D eigenvalue weighted by Crippen LogP contribution is -2.27. The Balaban J connectivity index is 1.22. The van der Waals surface area contributed by atoms with E-state index in [1.54, 1.807) is 41.3 Å². The number of carbonyl (C=O) groups excluding carboxylic acids is 2. The lowest BCUT2D eigenvalue weighted by molar-refractivity contribution is -0.147. The molecule has 2 heterocycles. The first kappa shape index (κ1) is 21.3. The number of esters is 1. The number of amides is 1. The quantitative estimate of drug-likeness (QED) is 0.411. The number of benzene rings is 2. The Bertz CT molecular complexity index is 1270. The van der Waals surface area contributed by atoms with Gasteiger partial charge in [0.1, 0.15) is 30.1 Å². The number of fused-ring (bicyclic) bond motifs is 2. The van der Waals surface area contributed by atoms with Crippen molar-refractivity contribution in [2.45, 2.75) is 35.5 Å². The molecule has 174 valence electrons. The minimum atomic E-state index is -0.813. The molecule has 1 N–H and O–H groups in total. The van der Waals surface area contributed by atoms with Crippen LogP contribution >= 0.6 is 11.8 Å². The SMILES string of the molecule is O=C(OCc1ccccc1F)[C@H]1[C@H]2[C@@H]1[C@@]1(C[C@H]2Sc2ncn[nH]2)C(=O)N1Cc1ccccc1F. The average Bonchev–Trinajstić information content (AvgIpc) is 3.51. The second-order valence-corrected chi connectivity index (χ2v) is 10.1. The zero-order chi connectivity index (χ0) is 23.4. The molecular weight excluding hydrogens is 462 g/mol. The molecule has 34 heavy (non-hydrogen) atoms. The van der Waals surface area contributed by atoms with Crippen LogP contribution in [-0.2, 0) is 27.5 Å². The summed E-state index contributed by atoms with van der Waals surface area (Å²) < 4.78 is 33.7. The molecule has 7 nitrogen and oxygen atoms in total. The fraction of sp³-hybridized carbons (Fsp3) is 0.333. The summed E-state index contributed by atoms with van der Waals surface area (Å²) in [6, 6.07) is 12.5. The minimum absolute atomic E-state index is 0.0569. The molecule has 1 aliphatic heterocycles. The normalized spacial score (nSPS) is 28.8. The lowest BCUT2D eigenvalue weighted by atomic mass is 9.99. The number of nitrogens with one attached hydrogen (secondary N) is 1. The van der Waals surface area contributed by atoms with Crippen LogP contribution in [0.4, 0.5) is 8.78 Å². The molecule has 2 saturated carbocycles. The van der Waals surface area contributed by atoms with E-state index in [0.29, 0.717) is 22.7 Å². The Kier molecular flexibility index (Phi) is 4.94. The molecular formula is C24H20F2N4O3S. The van der Waals surface area contributed by atoms with Crippen LogP contribution in [0.5, 0.6) is 0 Å². The fourth-order valence-corrected chi connectivity index (χ4v) is 6.86. The smallest absolute Gasteiger partial charge is 0.310 e. The number of rotatable bonds is 7. The van der Waals surface area contributed by atoms with Crippen molar-refractivity contribution in [3.63, 3.8) is 0 Å². The van der Waals surface area contributed by atoms with Gasteiger partial charge in [-0.3, -0.25) is 14.7 Å². The average molecular weight is 483 g/mol. The predicted molar refractivity (Wildman–Crippen MR) is 117 cm³/mol. The number of hydrogen-bond acceptors (Lipinski definition) is 6. The molecule has 2 aromatic carbocycles. The van der Waals surface area contributed by atoms with Gasteiger partial charge >= 0.3 is 5.97 Å². The number of H-pyrrole nitrogens is 1. The van der Waals surface area contributed by atoms with Crippen molar-refractivity contribution in [3.8, 4) is 0 Å². The minimum Gasteiger partial charge on any atom is -0.460 e. The highest BCUT2D eigenvalue weighted by Gasteiger charge is 2.84. The summed E-state index contributed by atoms with van der Waals surface area (Å²) >= 11 is 1.45. The van der Waals surface area contributed by atoms with E-state index in [4.69, 9.17) is 4.74 Å². The maximum absolute atomic E-state index is 14.2. The second kappa shape index (κ2) is 7.90. The van der Waals surface area contributed by atoms with Crippen molar-refractivity contribution >= 4 is 23.6 Å². The largest absolute Gasteiger partial charge is 0.460 e. The van der Waals surface area contributed by atoms with Gasteiger partial charge in [0.05, 0.1) is 5.92 Å². The summed E-state index contributed by atoms with van der Waals surface area (Å²) in [5, 5.41) is 7.24. The Morgan fingerprint density at radius 3 is 2.53 bits per heavy atom. The van der Waals surface area contributed by atoms with Crippen LogP contribution in [0.1, 0.15) is 17.5 Å². The van der Waals surface area contributed by atoms with E-state index >= 15 is 0 Å². The summed E-state index contributed by atoms with van der Waals surface area (Å²) in [6.07, 6.45) is 1.95. The molecule has 6 rings (SSSR count). The van der Waals surface area contributed by atoms with Gasteiger partial charge in [-0.25, -0.2) is 13.8 Å². The molecule has 1 spiro atoms. The summed E-state index contributed by atoms with van der Waals surface area (Å²) in [5.74, 6) is -2.10. The highest BCUT2D eigenvalue weighted by Crippen LogP contribution is 2.72. The van der Waals surface area contributed by atoms with E-state index in [1.807, 2.05) is 0 Å². The highest BCUT2D eigenvalue weighted by molar-refractivity contribution is 7.99. The molecule has 10 heteroatoms. The molecule has 1 aromatic heterocycles. The molecule has 1 saturated heterocycles. The van der Waals surface area contributed by atoms with Crippen LogP contribution in [0, 0.1) is 29.4 Å². The van der Waals surface area contributed by atoms with Crippen molar-refractivity contribution in [2.24, 2.45) is 17.8 Å². The van der Waals surface area contributed by atoms with Crippen molar-refractivity contribution in [3.05, 3.63) is 77.6 Å². The van der Waals surface area contributed by atoms with E-state index in [9.17, 15) is 18.4 Å². The maximum Gasteiger partial charge on any atom is 0.310 e. The van der Waals surface area contributed by atoms with Crippen LogP contribution in [0.15, 0.2) is 60.0 Å². The van der Waals surface area contributed by atoms with E-state index < -0.39 is 23.2 Å². The second-order valence-electron chi connectivity index (χ2n) is 8.89. The first-order chi connectivity index (χ1) is 16.5. The number of carbonyl (C=O) groups is 2. The standard InChI is InChI=1S/C24H20F2N4O3S/c25-15-7-3-1-5-13(15)10-30-22(32)24(30)9-17(34-23-27-12-28-29-23)18-19(20(18)24)21(31)33-11-14-6-2-4-8-16(14)26/h1-8,12,17-20H,9-11H2,(H,27,28,29)/t17-,18+,19+,20+,24+,30?/m1/s1. The van der Waals surface area contributed by atoms with Crippen LogP contribution in [-0.4, -0.2) is 42.7 Å². The van der Waals surface area contributed by atoms with Gasteiger partial charge < -0.3 is 9.64 Å². The number of halogens is 2. The molecule has 2 aliphatic carbocycles. The third-order valence-corrected chi connectivity index (χ3v) is 8.36. The van der Waals surface area contributed by atoms with E-state index in [1.165, 1.54) is 30.2 Å². The highest BCUT2D eigenvalue weighted by atomic mass is 32.2. The number of aromatic amines is 1. The molecule has 3 aromatic rings. The lowest BCUT2D eigenvalue weighted by Gasteiger charge is -2.18. The van der Waals surface area contributed by atoms with Gasteiger partial charge in [0, 0.05) is 28.8 Å². The van der Waals surface area contributed by atoms with Crippen molar-refractivity contribution < 1.29 is 23.1 Å². The molecule has 1 amide bonds. The van der Waals surface area contributed by atoms with Gasteiger partial charge in [-0.05, 0) is 24.5 Å². The number of nitrogens with zero attached hydrogens (tertiary/aromatic N) is 3. The summed E-state index contributed by atoms with van der Waals surface area (Å²) in [4.78, 5) is 31.9. The van der Waals surface area contributed by atoms with Crippen LogP contribution in [0.25, 0.3) is 0 Å². The van der Waals surface area contributed by atoms with Gasteiger partial charge in [-0.15, -0.1) is 0 Å². The Morgan fingerprint density at radius 2 is 1.85 bits per heavy atom. The predicted octanol–water partition coefficient (Wildman–Crippen LogP) is 3.33. The third kappa shape index (κ3) is 3.31. The van der Waals surface area contributed by atoms with E-state index in [-0.39, 0.29) is 42.0 Å². The third-order valence-electron chi connectivity index (χ3n) is 7.16. The monoisotopic (exact) mass is 482 g/mol. The summed E-state index contributed by atoms with van der Waals surface area (Å²) in [7, 11) is 0. The van der Waals surface area contributed by atoms with Gasteiger partial charge in [-0.2, -0.15) is 5.10 Å². The van der Waals surface area contributed by atoms with Crippen molar-refractivity contribution in [1.82, 2.24) is 20.1 Å². The molecule has 3 aliphatic rings. The number of hydrogen-bond donors (Lipinski definition) is 1. The summed E-state index contributed by atoms with van der Waals surface area (Å²) in [6.45, 7) is -0.00728. The molecule has 5 atom stereocenters. The van der Waals surface area contributed by atoms with Gasteiger partial charge in [0.15, 0.2) is 5.16 Å². The van der Waals surface area contributed by atoms with Crippen LogP contribution in [0.3, 0.4) is 0 Å². The number of ether oxygens (including phenoxy) is 1. The van der Waals surface area contributed by atoms with Crippen LogP contribution in [0.2, 0.25) is 0 Å². The van der Waals surface area contributed by atoms with Crippen molar-refractivity contribution in [1.29, 1.82) is 0 Å². The van der Waals surface area contributed by atoms with E-state index in [0.717, 1.165) is 0 Å². The number of thioether (sulfide) groups is 1. The molecule has 3 fully saturated rings.